The molecule has 0 bridgehead atoms. The fraction of sp³-hybridized carbons (Fsp3) is 0.524. The van der Waals surface area contributed by atoms with E-state index < -0.39 is 0 Å². The lowest BCUT2D eigenvalue weighted by molar-refractivity contribution is 0.661. The van der Waals surface area contributed by atoms with Gasteiger partial charge >= 0.3 is 0 Å². The van der Waals surface area contributed by atoms with Crippen LogP contribution in [0.3, 0.4) is 0 Å². The number of nitrogens with zero attached hydrogens (tertiary/aromatic N) is 3. The zero-order valence-electron chi connectivity index (χ0n) is 16.5. The summed E-state index contributed by atoms with van der Waals surface area (Å²) in [6.45, 7) is 11.8. The maximum Gasteiger partial charge on any atom is 0.142 e. The highest BCUT2D eigenvalue weighted by Gasteiger charge is 2.26. The van der Waals surface area contributed by atoms with Crippen LogP contribution in [0, 0.1) is 20.8 Å². The lowest BCUT2D eigenvalue weighted by Crippen LogP contribution is -2.29. The summed E-state index contributed by atoms with van der Waals surface area (Å²) in [5.74, 6) is 2.93. The van der Waals surface area contributed by atoms with Gasteiger partial charge in [-0.15, -0.1) is 0 Å². The number of fused-ring (bicyclic) bond motifs is 1. The second kappa shape index (κ2) is 7.95. The monoisotopic (exact) mass is 416 g/mol. The quantitative estimate of drug-likeness (QED) is 0.663. The predicted molar refractivity (Wildman–Crippen MR) is 114 cm³/mol. The summed E-state index contributed by atoms with van der Waals surface area (Å²) >= 11 is 3.61. The fourth-order valence-electron chi connectivity index (χ4n) is 3.91. The molecular formula is C21H29BrN4. The van der Waals surface area contributed by atoms with Crippen LogP contribution < -0.4 is 10.2 Å². The Bertz CT molecular complexity index is 776. The maximum atomic E-state index is 4.86. The van der Waals surface area contributed by atoms with Crippen LogP contribution in [0.15, 0.2) is 16.6 Å². The molecule has 0 saturated heterocycles. The first-order valence-corrected chi connectivity index (χ1v) is 10.4. The first kappa shape index (κ1) is 19.2. The fourth-order valence-corrected chi connectivity index (χ4v) is 4.59. The van der Waals surface area contributed by atoms with Gasteiger partial charge in [-0.2, -0.15) is 0 Å². The molecule has 1 aromatic heterocycles. The van der Waals surface area contributed by atoms with Gasteiger partial charge in [0.05, 0.1) is 0 Å². The topological polar surface area (TPSA) is 41.1 Å². The molecule has 5 heteroatoms. The minimum absolute atomic E-state index is 0.458. The Kier molecular flexibility index (Phi) is 5.86. The first-order chi connectivity index (χ1) is 12.4. The third-order valence-corrected chi connectivity index (χ3v) is 5.67. The van der Waals surface area contributed by atoms with Crippen LogP contribution >= 0.6 is 15.9 Å². The molecule has 0 saturated carbocycles. The predicted octanol–water partition coefficient (Wildman–Crippen LogP) is 5.85. The van der Waals surface area contributed by atoms with Gasteiger partial charge in [-0.05, 0) is 69.7 Å². The van der Waals surface area contributed by atoms with E-state index in [4.69, 9.17) is 9.97 Å². The molecule has 0 unspecified atom stereocenters. The molecule has 2 aromatic rings. The molecule has 0 aliphatic carbocycles. The summed E-state index contributed by atoms with van der Waals surface area (Å²) in [6.07, 6.45) is 4.35. The van der Waals surface area contributed by atoms with Crippen molar-refractivity contribution in [1.29, 1.82) is 0 Å². The number of aromatic nitrogens is 2. The van der Waals surface area contributed by atoms with Gasteiger partial charge in [-0.3, -0.25) is 0 Å². The van der Waals surface area contributed by atoms with Gasteiger partial charge in [0.1, 0.15) is 17.5 Å². The number of nitrogens with one attached hydrogen (secondary N) is 1. The van der Waals surface area contributed by atoms with Crippen LogP contribution in [0.25, 0.3) is 0 Å². The van der Waals surface area contributed by atoms with Gasteiger partial charge in [0.15, 0.2) is 0 Å². The number of rotatable bonds is 5. The lowest BCUT2D eigenvalue weighted by Gasteiger charge is -2.34. The van der Waals surface area contributed by atoms with E-state index in [1.165, 1.54) is 22.4 Å². The summed E-state index contributed by atoms with van der Waals surface area (Å²) in [5, 5.41) is 3.67. The summed E-state index contributed by atoms with van der Waals surface area (Å²) < 4.78 is 1.13. The van der Waals surface area contributed by atoms with E-state index in [0.717, 1.165) is 54.2 Å². The van der Waals surface area contributed by atoms with Crippen LogP contribution in [-0.2, 0) is 6.42 Å². The number of halogens is 1. The molecule has 0 fully saturated rings. The molecule has 0 atom stereocenters. The minimum Gasteiger partial charge on any atom is -0.367 e. The van der Waals surface area contributed by atoms with Crippen LogP contribution in [0.5, 0.6) is 0 Å². The molecular weight excluding hydrogens is 388 g/mol. The summed E-state index contributed by atoms with van der Waals surface area (Å²) in [7, 11) is 0. The Morgan fingerprint density at radius 3 is 2.38 bits per heavy atom. The Morgan fingerprint density at radius 1 is 1.12 bits per heavy atom. The van der Waals surface area contributed by atoms with E-state index in [9.17, 15) is 0 Å². The molecule has 140 valence electrons. The van der Waals surface area contributed by atoms with Gasteiger partial charge < -0.3 is 10.2 Å². The Balaban J connectivity index is 2.09. The number of anilines is 3. The molecule has 3 rings (SSSR count). The van der Waals surface area contributed by atoms with E-state index in [1.54, 1.807) is 0 Å². The zero-order chi connectivity index (χ0) is 18.8. The van der Waals surface area contributed by atoms with Gasteiger partial charge in [0, 0.05) is 28.3 Å². The Labute approximate surface area is 165 Å². The first-order valence-electron chi connectivity index (χ1n) is 9.62. The summed E-state index contributed by atoms with van der Waals surface area (Å²) in [5.41, 5.74) is 5.09. The molecule has 1 N–H and O–H groups in total. The van der Waals surface area contributed by atoms with Crippen LogP contribution in [0.2, 0.25) is 0 Å². The molecule has 1 aliphatic rings. The molecule has 0 radical (unpaired) electrons. The molecule has 0 amide bonds. The molecule has 26 heavy (non-hydrogen) atoms. The van der Waals surface area contributed by atoms with Crippen molar-refractivity contribution in [3.05, 3.63) is 39.1 Å². The van der Waals surface area contributed by atoms with E-state index in [1.807, 2.05) is 6.92 Å². The summed E-state index contributed by atoms with van der Waals surface area (Å²) in [6, 6.07) is 4.84. The average Bonchev–Trinajstić information content (AvgIpc) is 2.59. The van der Waals surface area contributed by atoms with Crippen molar-refractivity contribution >= 4 is 33.3 Å². The summed E-state index contributed by atoms with van der Waals surface area (Å²) in [4.78, 5) is 12.0. The van der Waals surface area contributed by atoms with Gasteiger partial charge in [0.25, 0.3) is 0 Å². The van der Waals surface area contributed by atoms with Gasteiger partial charge in [-0.25, -0.2) is 9.97 Å². The van der Waals surface area contributed by atoms with E-state index in [0.29, 0.717) is 6.04 Å². The van der Waals surface area contributed by atoms with Crippen molar-refractivity contribution in [1.82, 2.24) is 9.97 Å². The second-order valence-electron chi connectivity index (χ2n) is 7.22. The standard InChI is InChI=1S/C21H29BrN4/c1-6-17(7-2)25-20-18-9-8-10-26(21(18)24-15(5)23-20)19-13(3)11-16(22)12-14(19)4/h11-12,17H,6-10H2,1-5H3,(H,23,24,25). The molecule has 2 heterocycles. The maximum absolute atomic E-state index is 4.86. The van der Waals surface area contributed by atoms with Crippen molar-refractivity contribution in [2.75, 3.05) is 16.8 Å². The van der Waals surface area contributed by atoms with E-state index in [-0.39, 0.29) is 0 Å². The number of benzene rings is 1. The zero-order valence-corrected chi connectivity index (χ0v) is 18.1. The lowest BCUT2D eigenvalue weighted by atomic mass is 10.0. The van der Waals surface area contributed by atoms with Crippen molar-refractivity contribution < 1.29 is 0 Å². The highest BCUT2D eigenvalue weighted by atomic mass is 79.9. The van der Waals surface area contributed by atoms with Gasteiger partial charge in [-0.1, -0.05) is 29.8 Å². The van der Waals surface area contributed by atoms with Crippen molar-refractivity contribution in [2.24, 2.45) is 0 Å². The number of aryl methyl sites for hydroxylation is 3. The Morgan fingerprint density at radius 2 is 1.77 bits per heavy atom. The minimum atomic E-state index is 0.458. The highest BCUT2D eigenvalue weighted by Crippen LogP contribution is 2.39. The molecule has 1 aromatic carbocycles. The second-order valence-corrected chi connectivity index (χ2v) is 8.14. The van der Waals surface area contributed by atoms with Gasteiger partial charge in [0.2, 0.25) is 0 Å². The van der Waals surface area contributed by atoms with Crippen LogP contribution in [0.4, 0.5) is 17.3 Å². The van der Waals surface area contributed by atoms with Crippen molar-refractivity contribution in [3.63, 3.8) is 0 Å². The van der Waals surface area contributed by atoms with E-state index in [2.05, 4.69) is 66.0 Å². The SMILES string of the molecule is CCC(CC)Nc1nc(C)nc2c1CCCN2c1c(C)cc(Br)cc1C. The van der Waals surface area contributed by atoms with Crippen molar-refractivity contribution in [3.8, 4) is 0 Å². The third-order valence-electron chi connectivity index (χ3n) is 5.21. The molecule has 1 aliphatic heterocycles. The molecule has 0 spiro atoms. The smallest absolute Gasteiger partial charge is 0.142 e. The Hall–Kier alpha value is -1.62. The van der Waals surface area contributed by atoms with Crippen LogP contribution in [0.1, 0.15) is 55.6 Å². The largest absolute Gasteiger partial charge is 0.367 e. The molecule has 4 nitrogen and oxygen atoms in total. The third kappa shape index (κ3) is 3.73. The number of hydrogen-bond acceptors (Lipinski definition) is 4. The average molecular weight is 417 g/mol. The van der Waals surface area contributed by atoms with Crippen molar-refractivity contribution in [2.45, 2.75) is 66.3 Å². The highest BCUT2D eigenvalue weighted by molar-refractivity contribution is 9.10. The number of hydrogen-bond donors (Lipinski definition) is 1. The van der Waals surface area contributed by atoms with E-state index >= 15 is 0 Å². The normalized spacial score (nSPS) is 13.9. The van der Waals surface area contributed by atoms with Crippen LogP contribution in [-0.4, -0.2) is 22.6 Å².